The van der Waals surface area contributed by atoms with Crippen molar-refractivity contribution in [2.75, 3.05) is 17.7 Å². The molecule has 0 atom stereocenters. The molecule has 0 unspecified atom stereocenters. The lowest BCUT2D eigenvalue weighted by molar-refractivity contribution is 0.262. The number of benzene rings is 3. The van der Waals surface area contributed by atoms with Crippen molar-refractivity contribution in [3.8, 4) is 16.9 Å². The maximum absolute atomic E-state index is 12.5. The molecular weight excluding hydrogens is 362 g/mol. The van der Waals surface area contributed by atoms with Crippen molar-refractivity contribution in [2.45, 2.75) is 6.92 Å². The first-order chi connectivity index (χ1) is 14.1. The first kappa shape index (κ1) is 18.5. The molecule has 3 aromatic carbocycles. The molecule has 5 nitrogen and oxygen atoms in total. The van der Waals surface area contributed by atoms with Crippen LogP contribution in [-0.2, 0) is 0 Å². The normalized spacial score (nSPS) is 10.6. The Hall–Kier alpha value is -3.86. The van der Waals surface area contributed by atoms with E-state index in [-0.39, 0.29) is 6.03 Å². The molecular formula is C24H21N3O2. The fourth-order valence-corrected chi connectivity index (χ4v) is 3.30. The summed E-state index contributed by atoms with van der Waals surface area (Å²) in [5, 5.41) is 7.95. The number of aromatic nitrogens is 1. The summed E-state index contributed by atoms with van der Waals surface area (Å²) in [6.45, 7) is 2.06. The zero-order valence-corrected chi connectivity index (χ0v) is 16.3. The number of nitrogens with zero attached hydrogens (tertiary/aromatic N) is 1. The topological polar surface area (TPSA) is 63.2 Å². The van der Waals surface area contributed by atoms with Gasteiger partial charge in [-0.15, -0.1) is 0 Å². The van der Waals surface area contributed by atoms with Crippen LogP contribution in [0.1, 0.15) is 5.56 Å². The molecule has 0 aliphatic carbocycles. The van der Waals surface area contributed by atoms with E-state index in [1.54, 1.807) is 25.4 Å². The fourth-order valence-electron chi connectivity index (χ4n) is 3.30. The number of hydrogen-bond acceptors (Lipinski definition) is 3. The van der Waals surface area contributed by atoms with Crippen molar-refractivity contribution < 1.29 is 9.53 Å². The van der Waals surface area contributed by atoms with Crippen molar-refractivity contribution in [1.29, 1.82) is 0 Å². The van der Waals surface area contributed by atoms with Gasteiger partial charge in [-0.05, 0) is 65.4 Å². The third-order valence-corrected chi connectivity index (χ3v) is 4.80. The van der Waals surface area contributed by atoms with Gasteiger partial charge in [0.05, 0.1) is 12.8 Å². The van der Waals surface area contributed by atoms with Crippen LogP contribution in [0.15, 0.2) is 79.1 Å². The van der Waals surface area contributed by atoms with E-state index in [1.165, 1.54) is 0 Å². The molecule has 0 fully saturated rings. The molecule has 0 radical (unpaired) electrons. The van der Waals surface area contributed by atoms with E-state index in [2.05, 4.69) is 40.7 Å². The predicted octanol–water partition coefficient (Wildman–Crippen LogP) is 5.86. The van der Waals surface area contributed by atoms with E-state index in [0.29, 0.717) is 17.1 Å². The van der Waals surface area contributed by atoms with Gasteiger partial charge < -0.3 is 15.4 Å². The second-order valence-corrected chi connectivity index (χ2v) is 6.75. The van der Waals surface area contributed by atoms with Gasteiger partial charge in [0, 0.05) is 23.5 Å². The number of para-hydroxylation sites is 2. The lowest BCUT2D eigenvalue weighted by Crippen LogP contribution is -2.19. The molecule has 0 bridgehead atoms. The summed E-state index contributed by atoms with van der Waals surface area (Å²) < 4.78 is 5.28. The average Bonchev–Trinajstić information content (AvgIpc) is 2.75. The number of carbonyl (C=O) groups excluding carboxylic acids is 1. The molecule has 4 aromatic rings. The number of methoxy groups -OCH3 is 1. The van der Waals surface area contributed by atoms with Crippen LogP contribution in [0.4, 0.5) is 16.2 Å². The number of hydrogen-bond donors (Lipinski definition) is 2. The summed E-state index contributed by atoms with van der Waals surface area (Å²) in [4.78, 5) is 16.7. The van der Waals surface area contributed by atoms with Gasteiger partial charge in [-0.1, -0.05) is 30.3 Å². The minimum atomic E-state index is -0.327. The first-order valence-electron chi connectivity index (χ1n) is 9.30. The summed E-state index contributed by atoms with van der Waals surface area (Å²) in [6.07, 6.45) is 3.65. The lowest BCUT2D eigenvalue weighted by atomic mass is 9.98. The number of pyridine rings is 1. The number of ether oxygens (including phenoxy) is 1. The number of aryl methyl sites for hydroxylation is 1. The largest absolute Gasteiger partial charge is 0.495 e. The Morgan fingerprint density at radius 2 is 1.79 bits per heavy atom. The Bertz CT molecular complexity index is 1190. The molecule has 0 aliphatic rings. The van der Waals surface area contributed by atoms with E-state index in [4.69, 9.17) is 4.74 Å². The molecule has 2 amide bonds. The highest BCUT2D eigenvalue weighted by atomic mass is 16.5. The smallest absolute Gasteiger partial charge is 0.323 e. The lowest BCUT2D eigenvalue weighted by Gasteiger charge is -2.13. The molecule has 0 spiro atoms. The first-order valence-corrected chi connectivity index (χ1v) is 9.30. The van der Waals surface area contributed by atoms with Crippen molar-refractivity contribution in [1.82, 2.24) is 4.98 Å². The highest BCUT2D eigenvalue weighted by molar-refractivity contribution is 6.01. The molecule has 5 heteroatoms. The Morgan fingerprint density at radius 3 is 2.66 bits per heavy atom. The maximum atomic E-state index is 12.5. The number of fused-ring (bicyclic) bond motifs is 1. The summed E-state index contributed by atoms with van der Waals surface area (Å²) in [5.41, 5.74) is 4.60. The van der Waals surface area contributed by atoms with Crippen molar-refractivity contribution in [3.05, 3.63) is 84.7 Å². The second kappa shape index (κ2) is 8.02. The highest BCUT2D eigenvalue weighted by Gasteiger charge is 2.09. The molecule has 29 heavy (non-hydrogen) atoms. The van der Waals surface area contributed by atoms with Crippen LogP contribution in [0.25, 0.3) is 21.9 Å². The number of anilines is 2. The molecule has 144 valence electrons. The van der Waals surface area contributed by atoms with Crippen LogP contribution in [-0.4, -0.2) is 18.1 Å². The summed E-state index contributed by atoms with van der Waals surface area (Å²) in [7, 11) is 1.57. The van der Waals surface area contributed by atoms with Gasteiger partial charge >= 0.3 is 6.03 Å². The van der Waals surface area contributed by atoms with E-state index in [9.17, 15) is 4.79 Å². The third-order valence-electron chi connectivity index (χ3n) is 4.80. The number of urea groups is 1. The Kier molecular flexibility index (Phi) is 5.12. The van der Waals surface area contributed by atoms with Gasteiger partial charge in [-0.2, -0.15) is 0 Å². The summed E-state index contributed by atoms with van der Waals surface area (Å²) in [5.74, 6) is 0.608. The Morgan fingerprint density at radius 1 is 0.931 bits per heavy atom. The monoisotopic (exact) mass is 383 g/mol. The van der Waals surface area contributed by atoms with Crippen LogP contribution >= 0.6 is 0 Å². The molecule has 0 saturated heterocycles. The number of amides is 2. The van der Waals surface area contributed by atoms with Crippen molar-refractivity contribution >= 4 is 28.2 Å². The van der Waals surface area contributed by atoms with Gasteiger partial charge in [0.2, 0.25) is 0 Å². The molecule has 1 aromatic heterocycles. The van der Waals surface area contributed by atoms with Crippen LogP contribution in [0.2, 0.25) is 0 Å². The third kappa shape index (κ3) is 4.04. The van der Waals surface area contributed by atoms with E-state index in [1.807, 2.05) is 42.6 Å². The molecule has 1 heterocycles. The Labute approximate surface area is 169 Å². The minimum Gasteiger partial charge on any atom is -0.495 e. The molecule has 4 rings (SSSR count). The summed E-state index contributed by atoms with van der Waals surface area (Å²) >= 11 is 0. The maximum Gasteiger partial charge on any atom is 0.323 e. The molecule has 2 N–H and O–H groups in total. The van der Waals surface area contributed by atoms with Crippen molar-refractivity contribution in [3.63, 3.8) is 0 Å². The highest BCUT2D eigenvalue weighted by Crippen LogP contribution is 2.29. The SMILES string of the molecule is COc1ccccc1NC(=O)Nc1ccc(C)c(-c2ccc3ccncc3c2)c1. The predicted molar refractivity (Wildman–Crippen MR) is 118 cm³/mol. The van der Waals surface area contributed by atoms with Crippen LogP contribution < -0.4 is 15.4 Å². The zero-order chi connectivity index (χ0) is 20.2. The van der Waals surface area contributed by atoms with E-state index < -0.39 is 0 Å². The second-order valence-electron chi connectivity index (χ2n) is 6.75. The van der Waals surface area contributed by atoms with Gasteiger partial charge in [-0.3, -0.25) is 4.98 Å². The van der Waals surface area contributed by atoms with Gasteiger partial charge in [0.15, 0.2) is 0 Å². The average molecular weight is 383 g/mol. The standard InChI is InChI=1S/C24H21N3O2/c1-16-7-10-20(26-24(28)27-22-5-3-4-6-23(22)29-2)14-21(16)18-9-8-17-11-12-25-15-19(17)13-18/h3-15H,1-2H3,(H2,26,27,28). The van der Waals surface area contributed by atoms with Crippen LogP contribution in [0.3, 0.4) is 0 Å². The van der Waals surface area contributed by atoms with E-state index >= 15 is 0 Å². The quantitative estimate of drug-likeness (QED) is 0.464. The minimum absolute atomic E-state index is 0.327. The van der Waals surface area contributed by atoms with Crippen LogP contribution in [0.5, 0.6) is 5.75 Å². The van der Waals surface area contributed by atoms with Gasteiger partial charge in [0.1, 0.15) is 5.75 Å². The van der Waals surface area contributed by atoms with E-state index in [0.717, 1.165) is 27.5 Å². The molecule has 0 saturated carbocycles. The number of nitrogens with one attached hydrogen (secondary N) is 2. The zero-order valence-electron chi connectivity index (χ0n) is 16.3. The summed E-state index contributed by atoms with van der Waals surface area (Å²) in [6, 6.07) is 21.1. The van der Waals surface area contributed by atoms with Crippen molar-refractivity contribution in [2.24, 2.45) is 0 Å². The fraction of sp³-hybridized carbons (Fsp3) is 0.0833. The Balaban J connectivity index is 1.58. The van der Waals surface area contributed by atoms with Gasteiger partial charge in [0.25, 0.3) is 0 Å². The van der Waals surface area contributed by atoms with Gasteiger partial charge in [-0.25, -0.2) is 4.79 Å². The van der Waals surface area contributed by atoms with Crippen LogP contribution in [0, 0.1) is 6.92 Å². The molecule has 0 aliphatic heterocycles. The number of carbonyl (C=O) groups is 1. The number of rotatable bonds is 4.